The zero-order valence-electron chi connectivity index (χ0n) is 20.1. The molecule has 3 rings (SSSR count). The number of rotatable bonds is 10. The predicted molar refractivity (Wildman–Crippen MR) is 144 cm³/mol. The van der Waals surface area contributed by atoms with Gasteiger partial charge in [-0.25, -0.2) is 0 Å². The fourth-order valence-corrected chi connectivity index (χ4v) is 4.27. The Balaban J connectivity index is 1.91. The molecule has 3 aromatic carbocycles. The molecule has 3 aromatic rings. The molecule has 0 aromatic heterocycles. The minimum absolute atomic E-state index is 0.0584. The van der Waals surface area contributed by atoms with E-state index in [1.807, 2.05) is 75.4 Å². The fourth-order valence-electron chi connectivity index (χ4n) is 3.70. The topological polar surface area (TPSA) is 58.6 Å². The van der Waals surface area contributed by atoms with Crippen LogP contribution in [0, 0.1) is 6.92 Å². The molecule has 0 heterocycles. The first-order chi connectivity index (χ1) is 16.7. The maximum Gasteiger partial charge on any atom is 0.261 e. The zero-order chi connectivity index (χ0) is 25.4. The molecule has 0 aliphatic heterocycles. The summed E-state index contributed by atoms with van der Waals surface area (Å²) in [6, 6.07) is 21.9. The van der Waals surface area contributed by atoms with Crippen molar-refractivity contribution < 1.29 is 14.3 Å². The van der Waals surface area contributed by atoms with Crippen LogP contribution in [-0.2, 0) is 22.6 Å². The summed E-state index contributed by atoms with van der Waals surface area (Å²) in [5, 5.41) is 3.62. The molecule has 0 saturated heterocycles. The predicted octanol–water partition coefficient (Wildman–Crippen LogP) is 5.95. The maximum absolute atomic E-state index is 13.6. The molecular formula is C28H30BrClN2O3. The summed E-state index contributed by atoms with van der Waals surface area (Å²) in [7, 11) is 0. The van der Waals surface area contributed by atoms with Gasteiger partial charge in [0.05, 0.1) is 0 Å². The van der Waals surface area contributed by atoms with E-state index in [0.29, 0.717) is 17.2 Å². The van der Waals surface area contributed by atoms with Crippen LogP contribution in [0.3, 0.4) is 0 Å². The van der Waals surface area contributed by atoms with Gasteiger partial charge >= 0.3 is 0 Å². The van der Waals surface area contributed by atoms with Crippen LogP contribution in [0.1, 0.15) is 30.5 Å². The van der Waals surface area contributed by atoms with Gasteiger partial charge < -0.3 is 15.0 Å². The van der Waals surface area contributed by atoms with E-state index in [9.17, 15) is 9.59 Å². The molecule has 1 N–H and O–H groups in total. The first-order valence-electron chi connectivity index (χ1n) is 11.5. The smallest absolute Gasteiger partial charge is 0.261 e. The summed E-state index contributed by atoms with van der Waals surface area (Å²) in [4.78, 5) is 28.5. The first-order valence-corrected chi connectivity index (χ1v) is 12.7. The second-order valence-corrected chi connectivity index (χ2v) is 10.0. The van der Waals surface area contributed by atoms with E-state index in [-0.39, 0.29) is 31.0 Å². The number of hydrogen-bond acceptors (Lipinski definition) is 3. The van der Waals surface area contributed by atoms with Crippen LogP contribution in [-0.4, -0.2) is 35.4 Å². The number of benzene rings is 3. The molecule has 0 saturated carbocycles. The van der Waals surface area contributed by atoms with Crippen LogP contribution in [0.5, 0.6) is 5.75 Å². The summed E-state index contributed by atoms with van der Waals surface area (Å²) < 4.78 is 6.72. The minimum Gasteiger partial charge on any atom is -0.484 e. The van der Waals surface area contributed by atoms with Gasteiger partial charge in [-0.15, -0.1) is 0 Å². The van der Waals surface area contributed by atoms with E-state index < -0.39 is 6.04 Å². The fraction of sp³-hybridized carbons (Fsp3) is 0.286. The molecule has 0 spiro atoms. The molecule has 184 valence electrons. The number of amides is 2. The Kier molecular flexibility index (Phi) is 9.75. The van der Waals surface area contributed by atoms with E-state index >= 15 is 0 Å². The van der Waals surface area contributed by atoms with Gasteiger partial charge in [-0.2, -0.15) is 0 Å². The molecular weight excluding hydrogens is 528 g/mol. The van der Waals surface area contributed by atoms with Gasteiger partial charge in [-0.3, -0.25) is 9.59 Å². The third-order valence-corrected chi connectivity index (χ3v) is 6.35. The van der Waals surface area contributed by atoms with Crippen molar-refractivity contribution in [3.8, 4) is 5.75 Å². The van der Waals surface area contributed by atoms with Crippen molar-refractivity contribution >= 4 is 39.3 Å². The lowest BCUT2D eigenvalue weighted by Crippen LogP contribution is -2.52. The Morgan fingerprint density at radius 1 is 1.00 bits per heavy atom. The molecule has 0 radical (unpaired) electrons. The van der Waals surface area contributed by atoms with Gasteiger partial charge in [0.15, 0.2) is 6.61 Å². The summed E-state index contributed by atoms with van der Waals surface area (Å²) in [5.74, 6) is 0.0702. The lowest BCUT2D eigenvalue weighted by molar-refractivity contribution is -0.143. The van der Waals surface area contributed by atoms with Gasteiger partial charge in [0.2, 0.25) is 5.91 Å². The molecule has 5 nitrogen and oxygen atoms in total. The van der Waals surface area contributed by atoms with E-state index in [2.05, 4.69) is 21.2 Å². The lowest BCUT2D eigenvalue weighted by Gasteiger charge is -2.32. The van der Waals surface area contributed by atoms with Crippen molar-refractivity contribution in [3.05, 3.63) is 99.0 Å². The van der Waals surface area contributed by atoms with Crippen LogP contribution in [0.2, 0.25) is 5.02 Å². The van der Waals surface area contributed by atoms with Gasteiger partial charge in [0, 0.05) is 28.5 Å². The second-order valence-electron chi connectivity index (χ2n) is 8.72. The summed E-state index contributed by atoms with van der Waals surface area (Å²) in [5.41, 5.74) is 2.74. The Morgan fingerprint density at radius 3 is 2.37 bits per heavy atom. The number of nitrogens with zero attached hydrogens (tertiary/aromatic N) is 1. The molecule has 0 aliphatic carbocycles. The number of halogens is 2. The molecule has 1 atom stereocenters. The number of carbonyl (C=O) groups is 2. The van der Waals surface area contributed by atoms with Crippen LogP contribution in [0.4, 0.5) is 0 Å². The number of hydrogen-bond donors (Lipinski definition) is 1. The number of carbonyl (C=O) groups excluding carboxylic acids is 2. The largest absolute Gasteiger partial charge is 0.484 e. The summed E-state index contributed by atoms with van der Waals surface area (Å²) in [6.45, 7) is 5.76. The normalized spacial score (nSPS) is 11.7. The Hall–Kier alpha value is -2.83. The molecule has 0 unspecified atom stereocenters. The Morgan fingerprint density at radius 2 is 1.71 bits per heavy atom. The third-order valence-electron chi connectivity index (χ3n) is 5.44. The van der Waals surface area contributed by atoms with E-state index in [4.69, 9.17) is 16.3 Å². The monoisotopic (exact) mass is 556 g/mol. The van der Waals surface area contributed by atoms with Crippen molar-refractivity contribution in [1.82, 2.24) is 10.2 Å². The van der Waals surface area contributed by atoms with Crippen LogP contribution < -0.4 is 10.1 Å². The minimum atomic E-state index is -0.707. The molecule has 0 bridgehead atoms. The summed E-state index contributed by atoms with van der Waals surface area (Å²) in [6.07, 6.45) is 0.388. The van der Waals surface area contributed by atoms with E-state index in [1.54, 1.807) is 23.1 Å². The average Bonchev–Trinajstić information content (AvgIpc) is 2.82. The van der Waals surface area contributed by atoms with Gasteiger partial charge in [-0.05, 0) is 67.8 Å². The average molecular weight is 558 g/mol. The highest BCUT2D eigenvalue weighted by atomic mass is 79.9. The molecule has 35 heavy (non-hydrogen) atoms. The van der Waals surface area contributed by atoms with E-state index in [1.165, 1.54) is 0 Å². The van der Waals surface area contributed by atoms with E-state index in [0.717, 1.165) is 21.2 Å². The summed E-state index contributed by atoms with van der Waals surface area (Å²) >= 11 is 9.61. The van der Waals surface area contributed by atoms with Crippen molar-refractivity contribution in [2.75, 3.05) is 6.61 Å². The van der Waals surface area contributed by atoms with Gasteiger partial charge in [0.1, 0.15) is 11.8 Å². The highest BCUT2D eigenvalue weighted by Gasteiger charge is 2.31. The van der Waals surface area contributed by atoms with Crippen LogP contribution in [0.15, 0.2) is 77.3 Å². The number of ether oxygens (including phenoxy) is 1. The quantitative estimate of drug-likeness (QED) is 0.335. The van der Waals surface area contributed by atoms with Crippen LogP contribution in [0.25, 0.3) is 0 Å². The number of aryl methyl sites for hydroxylation is 1. The van der Waals surface area contributed by atoms with Crippen molar-refractivity contribution in [1.29, 1.82) is 0 Å². The molecule has 0 fully saturated rings. The van der Waals surface area contributed by atoms with Crippen molar-refractivity contribution in [2.24, 2.45) is 0 Å². The van der Waals surface area contributed by atoms with Crippen molar-refractivity contribution in [3.63, 3.8) is 0 Å². The highest BCUT2D eigenvalue weighted by Crippen LogP contribution is 2.22. The third kappa shape index (κ3) is 8.11. The second kappa shape index (κ2) is 12.8. The van der Waals surface area contributed by atoms with Crippen molar-refractivity contribution in [2.45, 2.75) is 45.8 Å². The molecule has 2 amide bonds. The molecule has 7 heteroatoms. The van der Waals surface area contributed by atoms with Crippen LogP contribution >= 0.6 is 27.5 Å². The highest BCUT2D eigenvalue weighted by molar-refractivity contribution is 9.10. The zero-order valence-corrected chi connectivity index (χ0v) is 22.5. The Bertz CT molecular complexity index is 1150. The standard InChI is InChI=1S/C28H30BrClN2O3/c1-19(2)31-28(34)26(16-21-8-5-4-6-9-21)32(17-22-10-7-11-23(29)15-22)27(33)18-35-24-12-13-25(30)20(3)14-24/h4-15,19,26H,16-18H2,1-3H3,(H,31,34)/t26-/m0/s1. The lowest BCUT2D eigenvalue weighted by atomic mass is 10.0. The Labute approximate surface area is 220 Å². The molecule has 0 aliphatic rings. The van der Waals surface area contributed by atoms with Gasteiger partial charge in [0.25, 0.3) is 5.91 Å². The number of nitrogens with one attached hydrogen (secondary N) is 1. The van der Waals surface area contributed by atoms with Gasteiger partial charge in [-0.1, -0.05) is 70.0 Å². The maximum atomic E-state index is 13.6. The first kappa shape index (κ1) is 26.8. The SMILES string of the molecule is Cc1cc(OCC(=O)N(Cc2cccc(Br)c2)[C@@H](Cc2ccccc2)C(=O)NC(C)C)ccc1Cl.